The molecule has 2 aromatic heterocycles. The molecule has 2 heterocycles. The summed E-state index contributed by atoms with van der Waals surface area (Å²) >= 11 is 6.02. The molecule has 4 rings (SSSR count). The van der Waals surface area contributed by atoms with Gasteiger partial charge in [0.2, 0.25) is 11.6 Å². The van der Waals surface area contributed by atoms with E-state index >= 15 is 0 Å². The van der Waals surface area contributed by atoms with Crippen LogP contribution in [0.25, 0.3) is 16.7 Å². The number of carbonyl (C=O) groups excluding carboxylic acids is 1. The van der Waals surface area contributed by atoms with E-state index in [4.69, 9.17) is 11.6 Å². The van der Waals surface area contributed by atoms with Crippen molar-refractivity contribution in [2.45, 2.75) is 6.42 Å². The number of nitrogens with one attached hydrogen (secondary N) is 1. The molecule has 4 aromatic rings. The molecule has 0 aliphatic carbocycles. The van der Waals surface area contributed by atoms with Gasteiger partial charge in [-0.3, -0.25) is 4.79 Å². The molecule has 0 bridgehead atoms. The van der Waals surface area contributed by atoms with Gasteiger partial charge in [-0.1, -0.05) is 11.6 Å². The SMILES string of the molecule is O=C(Cc1nc2cc(Cl)ccc2n2nnnc12)Nc1ccc(O)cc1. The summed E-state index contributed by atoms with van der Waals surface area (Å²) in [6, 6.07) is 11.4. The molecule has 0 radical (unpaired) electrons. The van der Waals surface area contributed by atoms with Gasteiger partial charge < -0.3 is 10.4 Å². The predicted molar refractivity (Wildman–Crippen MR) is 91.5 cm³/mol. The fourth-order valence-electron chi connectivity index (χ4n) is 2.51. The number of tetrazole rings is 1. The molecule has 0 fully saturated rings. The lowest BCUT2D eigenvalue weighted by Crippen LogP contribution is -2.16. The predicted octanol–water partition coefficient (Wildman–Crippen LogP) is 2.21. The minimum atomic E-state index is -0.274. The van der Waals surface area contributed by atoms with E-state index in [9.17, 15) is 9.90 Å². The summed E-state index contributed by atoms with van der Waals surface area (Å²) in [4.78, 5) is 16.8. The lowest BCUT2D eigenvalue weighted by atomic mass is 10.2. The van der Waals surface area contributed by atoms with Crippen LogP contribution in [-0.2, 0) is 11.2 Å². The molecule has 9 heteroatoms. The molecule has 8 nitrogen and oxygen atoms in total. The Morgan fingerprint density at radius 2 is 2.00 bits per heavy atom. The molecule has 2 aromatic carbocycles. The largest absolute Gasteiger partial charge is 0.508 e. The van der Waals surface area contributed by atoms with Crippen LogP contribution in [0.4, 0.5) is 5.69 Å². The van der Waals surface area contributed by atoms with Crippen LogP contribution in [0.2, 0.25) is 5.02 Å². The summed E-state index contributed by atoms with van der Waals surface area (Å²) in [6.07, 6.45) is -0.00674. The summed E-state index contributed by atoms with van der Waals surface area (Å²) in [6.45, 7) is 0. The zero-order valence-corrected chi connectivity index (χ0v) is 13.5. The monoisotopic (exact) mass is 354 g/mol. The number of halogens is 1. The lowest BCUT2D eigenvalue weighted by molar-refractivity contribution is -0.115. The first-order valence-electron chi connectivity index (χ1n) is 7.35. The van der Waals surface area contributed by atoms with E-state index in [-0.39, 0.29) is 18.1 Å². The van der Waals surface area contributed by atoms with Crippen molar-refractivity contribution in [3.05, 3.63) is 53.2 Å². The summed E-state index contributed by atoms with van der Waals surface area (Å²) in [5, 5.41) is 24.1. The average Bonchev–Trinajstić information content (AvgIpc) is 3.07. The Morgan fingerprint density at radius 3 is 2.80 bits per heavy atom. The van der Waals surface area contributed by atoms with Crippen LogP contribution in [0.3, 0.4) is 0 Å². The van der Waals surface area contributed by atoms with E-state index in [1.807, 2.05) is 0 Å². The Balaban J connectivity index is 1.68. The van der Waals surface area contributed by atoms with Crippen LogP contribution in [0.5, 0.6) is 5.75 Å². The van der Waals surface area contributed by atoms with Crippen LogP contribution in [-0.4, -0.2) is 36.0 Å². The van der Waals surface area contributed by atoms with Crippen molar-refractivity contribution in [3.8, 4) is 5.75 Å². The number of hydrogen-bond donors (Lipinski definition) is 2. The average molecular weight is 355 g/mol. The second-order valence-corrected chi connectivity index (χ2v) is 5.81. The maximum atomic E-state index is 12.3. The fraction of sp³-hybridized carbons (Fsp3) is 0.0625. The van der Waals surface area contributed by atoms with Crippen molar-refractivity contribution in [1.29, 1.82) is 0 Å². The number of anilines is 1. The van der Waals surface area contributed by atoms with Crippen molar-refractivity contribution >= 4 is 39.9 Å². The third kappa shape index (κ3) is 2.94. The van der Waals surface area contributed by atoms with E-state index < -0.39 is 0 Å². The first-order valence-corrected chi connectivity index (χ1v) is 7.73. The minimum Gasteiger partial charge on any atom is -0.508 e. The van der Waals surface area contributed by atoms with Gasteiger partial charge in [0, 0.05) is 10.7 Å². The first kappa shape index (κ1) is 15.3. The van der Waals surface area contributed by atoms with Crippen molar-refractivity contribution in [3.63, 3.8) is 0 Å². The van der Waals surface area contributed by atoms with E-state index in [2.05, 4.69) is 25.8 Å². The molecule has 1 amide bonds. The molecule has 0 unspecified atom stereocenters. The fourth-order valence-corrected chi connectivity index (χ4v) is 2.68. The number of phenols is 1. The normalized spacial score (nSPS) is 11.1. The zero-order valence-electron chi connectivity index (χ0n) is 12.7. The second-order valence-electron chi connectivity index (χ2n) is 5.38. The Labute approximate surface area is 146 Å². The number of aromatic hydroxyl groups is 1. The molecule has 0 aliphatic rings. The summed E-state index contributed by atoms with van der Waals surface area (Å²) < 4.78 is 1.53. The van der Waals surface area contributed by atoms with E-state index in [1.165, 1.54) is 16.6 Å². The van der Waals surface area contributed by atoms with E-state index in [0.29, 0.717) is 33.1 Å². The molecule has 0 aliphatic heterocycles. The molecule has 124 valence electrons. The van der Waals surface area contributed by atoms with Gasteiger partial charge in [-0.05, 0) is 52.9 Å². The molecule has 0 spiro atoms. The Hall–Kier alpha value is -3.26. The molecule has 25 heavy (non-hydrogen) atoms. The molecular formula is C16H11ClN6O2. The Morgan fingerprint density at radius 1 is 1.20 bits per heavy atom. The highest BCUT2D eigenvalue weighted by Crippen LogP contribution is 2.20. The van der Waals surface area contributed by atoms with Crippen LogP contribution in [0, 0.1) is 0 Å². The number of benzene rings is 2. The van der Waals surface area contributed by atoms with Gasteiger partial charge in [-0.2, -0.15) is 4.52 Å². The number of hydrogen-bond acceptors (Lipinski definition) is 6. The molecule has 0 saturated carbocycles. The van der Waals surface area contributed by atoms with Crippen molar-refractivity contribution in [2.24, 2.45) is 0 Å². The highest BCUT2D eigenvalue weighted by atomic mass is 35.5. The number of nitrogens with zero attached hydrogens (tertiary/aromatic N) is 5. The third-order valence-electron chi connectivity index (χ3n) is 3.63. The maximum absolute atomic E-state index is 12.3. The van der Waals surface area contributed by atoms with Gasteiger partial charge in [0.1, 0.15) is 5.75 Å². The molecule has 0 saturated heterocycles. The number of phenolic OH excluding ortho intramolecular Hbond substituents is 1. The van der Waals surface area contributed by atoms with Crippen molar-refractivity contribution in [1.82, 2.24) is 25.0 Å². The number of amides is 1. The van der Waals surface area contributed by atoms with Gasteiger partial charge in [0.15, 0.2) is 0 Å². The molecule has 0 atom stereocenters. The standard InChI is InChI=1S/C16H11ClN6O2/c17-9-1-6-14-12(7-9)19-13(16-20-21-22-23(14)16)8-15(25)18-10-2-4-11(24)5-3-10/h1-7,24H,8H2,(H,18,25). The summed E-state index contributed by atoms with van der Waals surface area (Å²) in [5.41, 5.74) is 2.72. The van der Waals surface area contributed by atoms with Gasteiger partial charge >= 0.3 is 0 Å². The number of carbonyl (C=O) groups is 1. The number of fused-ring (bicyclic) bond motifs is 3. The van der Waals surface area contributed by atoms with Gasteiger partial charge in [-0.15, -0.1) is 5.10 Å². The number of rotatable bonds is 3. The Kier molecular flexibility index (Phi) is 3.66. The van der Waals surface area contributed by atoms with Crippen molar-refractivity contribution < 1.29 is 9.90 Å². The lowest BCUT2D eigenvalue weighted by Gasteiger charge is -2.07. The molecular weight excluding hydrogens is 344 g/mol. The number of aromatic nitrogens is 5. The smallest absolute Gasteiger partial charge is 0.230 e. The second kappa shape index (κ2) is 5.99. The van der Waals surface area contributed by atoms with Gasteiger partial charge in [0.25, 0.3) is 0 Å². The van der Waals surface area contributed by atoms with Crippen LogP contribution in [0.1, 0.15) is 5.69 Å². The zero-order chi connectivity index (χ0) is 17.4. The topological polar surface area (TPSA) is 105 Å². The van der Waals surface area contributed by atoms with Gasteiger partial charge in [-0.25, -0.2) is 4.98 Å². The van der Waals surface area contributed by atoms with Gasteiger partial charge in [0.05, 0.1) is 23.1 Å². The quantitative estimate of drug-likeness (QED) is 0.546. The van der Waals surface area contributed by atoms with E-state index in [1.54, 1.807) is 30.3 Å². The molecule has 2 N–H and O–H groups in total. The third-order valence-corrected chi connectivity index (χ3v) is 3.86. The highest BCUT2D eigenvalue weighted by Gasteiger charge is 2.15. The van der Waals surface area contributed by atoms with Crippen LogP contribution >= 0.6 is 11.6 Å². The maximum Gasteiger partial charge on any atom is 0.230 e. The minimum absolute atomic E-state index is 0.00674. The Bertz CT molecular complexity index is 1090. The highest BCUT2D eigenvalue weighted by molar-refractivity contribution is 6.31. The summed E-state index contributed by atoms with van der Waals surface area (Å²) in [7, 11) is 0. The van der Waals surface area contributed by atoms with Crippen molar-refractivity contribution in [2.75, 3.05) is 5.32 Å². The van der Waals surface area contributed by atoms with Crippen LogP contribution in [0.15, 0.2) is 42.5 Å². The van der Waals surface area contributed by atoms with E-state index in [0.717, 1.165) is 0 Å². The summed E-state index contributed by atoms with van der Waals surface area (Å²) in [5.74, 6) is -0.146. The van der Waals surface area contributed by atoms with Crippen LogP contribution < -0.4 is 5.32 Å². The first-order chi connectivity index (χ1) is 12.1.